The lowest BCUT2D eigenvalue weighted by Gasteiger charge is -2.43. The van der Waals surface area contributed by atoms with E-state index in [-0.39, 0.29) is 15.9 Å². The van der Waals surface area contributed by atoms with E-state index in [1.807, 2.05) is 23.5 Å². The average molecular weight is 921 g/mol. The first-order chi connectivity index (χ1) is 31.5. The highest BCUT2D eigenvalue weighted by molar-refractivity contribution is 8.02. The molecule has 0 spiro atoms. The second-order valence-corrected chi connectivity index (χ2v) is 23.1. The Kier molecular flexibility index (Phi) is 17.2. The van der Waals surface area contributed by atoms with Gasteiger partial charge in [-0.05, 0) is 101 Å². The molecule has 1 atom stereocenters. The number of nitrogens with zero attached hydrogens (tertiary/aromatic N) is 1. The van der Waals surface area contributed by atoms with Gasteiger partial charge in [-0.1, -0.05) is 182 Å². The van der Waals surface area contributed by atoms with Gasteiger partial charge in [-0.15, -0.1) is 23.5 Å². The zero-order valence-corrected chi connectivity index (χ0v) is 41.4. The maximum atomic E-state index is 13.1. The van der Waals surface area contributed by atoms with Crippen molar-refractivity contribution in [2.45, 2.75) is 85.9 Å². The fraction of sp³-hybridized carbons (Fsp3) is 0.345. The normalized spacial score (nSPS) is 13.0. The van der Waals surface area contributed by atoms with Gasteiger partial charge < -0.3 is 20.1 Å². The van der Waals surface area contributed by atoms with Crippen LogP contribution in [0.5, 0.6) is 0 Å². The molecule has 0 aliphatic rings. The number of thioether (sulfide) groups is 2. The molecular weight excluding hydrogens is 853 g/mol. The van der Waals surface area contributed by atoms with Crippen LogP contribution in [0.2, 0.25) is 0 Å². The minimum Gasteiger partial charge on any atom is -0.481 e. The Balaban J connectivity index is 1.27. The Labute approximate surface area is 403 Å². The van der Waals surface area contributed by atoms with Gasteiger partial charge in [0.2, 0.25) is 0 Å². The highest BCUT2D eigenvalue weighted by Gasteiger charge is 2.44. The van der Waals surface area contributed by atoms with Gasteiger partial charge in [0.15, 0.2) is 5.92 Å². The van der Waals surface area contributed by atoms with Crippen molar-refractivity contribution in [3.05, 3.63) is 215 Å². The van der Waals surface area contributed by atoms with Crippen molar-refractivity contribution in [3.63, 3.8) is 0 Å². The van der Waals surface area contributed by atoms with Crippen LogP contribution in [-0.2, 0) is 23.8 Å². The van der Waals surface area contributed by atoms with Crippen LogP contribution in [0.1, 0.15) is 94.7 Å². The van der Waals surface area contributed by atoms with E-state index >= 15 is 0 Å². The molecule has 0 aliphatic carbocycles. The first-order valence-corrected chi connectivity index (χ1v) is 24.8. The van der Waals surface area contributed by atoms with Crippen LogP contribution in [0.25, 0.3) is 0 Å². The summed E-state index contributed by atoms with van der Waals surface area (Å²) in [6.45, 7) is 18.1. The minimum absolute atomic E-state index is 0.188. The Morgan fingerprint density at radius 2 is 0.864 bits per heavy atom. The van der Waals surface area contributed by atoms with Crippen molar-refractivity contribution < 1.29 is 19.4 Å². The number of rotatable bonds is 23. The second-order valence-electron chi connectivity index (χ2n) is 19.3. The largest absolute Gasteiger partial charge is 0.481 e. The number of ether oxygens (including phenoxy) is 1. The molecule has 0 heterocycles. The van der Waals surface area contributed by atoms with E-state index in [0.29, 0.717) is 13.0 Å². The van der Waals surface area contributed by atoms with Gasteiger partial charge in [-0.3, -0.25) is 9.59 Å². The predicted molar refractivity (Wildman–Crippen MR) is 277 cm³/mol. The molecular formula is C58H68N2O4S2. The van der Waals surface area contributed by atoms with Gasteiger partial charge in [0.25, 0.3) is 0 Å². The first kappa shape index (κ1) is 50.3. The number of aliphatic carboxylic acids is 1. The molecule has 0 saturated carbocycles. The van der Waals surface area contributed by atoms with E-state index < -0.39 is 33.0 Å². The Morgan fingerprint density at radius 3 is 1.18 bits per heavy atom. The van der Waals surface area contributed by atoms with Crippen molar-refractivity contribution in [3.8, 4) is 0 Å². The minimum atomic E-state index is -1.23. The Bertz CT molecular complexity index is 2200. The van der Waals surface area contributed by atoms with Gasteiger partial charge >= 0.3 is 11.9 Å². The maximum Gasteiger partial charge on any atom is 0.320 e. The molecule has 0 aromatic heterocycles. The summed E-state index contributed by atoms with van der Waals surface area (Å²) in [5.41, 5.74) is 6.52. The van der Waals surface area contributed by atoms with Crippen molar-refractivity contribution in [1.82, 2.24) is 10.2 Å². The van der Waals surface area contributed by atoms with Crippen LogP contribution in [0.4, 0.5) is 0 Å². The standard InChI is InChI=1S/C58H68N2O4S2/c1-54(2,3)64-53(63)51(52(61)62)39-26-41-60(44-56(6,7)66-58(48-33-20-11-21-34-48,49-35-22-12-23-36-49)50-37-24-13-25-38-50)42-40-59-43-55(4,5)65-57(45-27-14-8-15-28-45,46-29-16-9-17-30-46)47-31-18-10-19-32-47/h8-25,27-38,51,59H,26,39-44H2,1-7H3,(H,61,62). The van der Waals surface area contributed by atoms with E-state index in [0.717, 1.165) is 26.2 Å². The monoisotopic (exact) mass is 920 g/mol. The highest BCUT2D eigenvalue weighted by Crippen LogP contribution is 2.54. The lowest BCUT2D eigenvalue weighted by atomic mass is 9.84. The third kappa shape index (κ3) is 13.1. The third-order valence-electron chi connectivity index (χ3n) is 11.7. The fourth-order valence-corrected chi connectivity index (χ4v) is 12.6. The molecule has 66 heavy (non-hydrogen) atoms. The third-order valence-corrected chi connectivity index (χ3v) is 15.1. The van der Waals surface area contributed by atoms with E-state index in [9.17, 15) is 14.7 Å². The lowest BCUT2D eigenvalue weighted by molar-refractivity contribution is -0.167. The van der Waals surface area contributed by atoms with Crippen LogP contribution in [0.3, 0.4) is 0 Å². The summed E-state index contributed by atoms with van der Waals surface area (Å²) in [5.74, 6) is -3.07. The molecule has 0 aliphatic heterocycles. The molecule has 2 N–H and O–H groups in total. The van der Waals surface area contributed by atoms with Crippen molar-refractivity contribution in [2.75, 3.05) is 32.7 Å². The summed E-state index contributed by atoms with van der Waals surface area (Å²) < 4.78 is 4.05. The molecule has 6 nitrogen and oxygen atoms in total. The highest BCUT2D eigenvalue weighted by atomic mass is 32.2. The van der Waals surface area contributed by atoms with Gasteiger partial charge in [0.1, 0.15) is 5.60 Å². The maximum absolute atomic E-state index is 13.1. The van der Waals surface area contributed by atoms with Gasteiger partial charge in [0.05, 0.1) is 9.49 Å². The summed E-state index contributed by atoms with van der Waals surface area (Å²) in [5, 5.41) is 14.0. The predicted octanol–water partition coefficient (Wildman–Crippen LogP) is 12.7. The number of carbonyl (C=O) groups excluding carboxylic acids is 1. The molecule has 6 aromatic carbocycles. The van der Waals surface area contributed by atoms with E-state index in [1.165, 1.54) is 33.4 Å². The topological polar surface area (TPSA) is 78.9 Å². The Hall–Kier alpha value is -5.12. The van der Waals surface area contributed by atoms with Gasteiger partial charge in [-0.25, -0.2) is 0 Å². The first-order valence-electron chi connectivity index (χ1n) is 23.2. The van der Waals surface area contributed by atoms with E-state index in [2.05, 4.69) is 220 Å². The van der Waals surface area contributed by atoms with Crippen LogP contribution in [-0.4, -0.2) is 69.8 Å². The number of hydrogen-bond acceptors (Lipinski definition) is 7. The average Bonchev–Trinajstić information content (AvgIpc) is 3.31. The number of nitrogens with one attached hydrogen (secondary N) is 1. The summed E-state index contributed by atoms with van der Waals surface area (Å²) >= 11 is 3.92. The molecule has 0 bridgehead atoms. The zero-order chi connectivity index (χ0) is 47.3. The molecule has 8 heteroatoms. The van der Waals surface area contributed by atoms with Crippen molar-refractivity contribution >= 4 is 35.5 Å². The van der Waals surface area contributed by atoms with Crippen molar-refractivity contribution in [1.29, 1.82) is 0 Å². The zero-order valence-electron chi connectivity index (χ0n) is 39.8. The molecule has 6 aromatic rings. The molecule has 0 radical (unpaired) electrons. The van der Waals surface area contributed by atoms with Gasteiger partial charge in [-0.2, -0.15) is 0 Å². The Morgan fingerprint density at radius 1 is 0.530 bits per heavy atom. The smallest absolute Gasteiger partial charge is 0.320 e. The summed E-state index contributed by atoms with van der Waals surface area (Å²) in [6, 6.07) is 64.8. The fourth-order valence-electron chi connectivity index (χ4n) is 8.96. The lowest BCUT2D eigenvalue weighted by Crippen LogP contribution is -2.45. The molecule has 6 rings (SSSR count). The van der Waals surface area contributed by atoms with Crippen molar-refractivity contribution in [2.24, 2.45) is 5.92 Å². The number of carboxylic acid groups (broad SMARTS) is 1. The molecule has 0 saturated heterocycles. The van der Waals surface area contributed by atoms with Crippen LogP contribution in [0, 0.1) is 5.92 Å². The van der Waals surface area contributed by atoms with E-state index in [1.54, 1.807) is 20.8 Å². The summed E-state index contributed by atoms with van der Waals surface area (Å²) in [6.07, 6.45) is 0.710. The second kappa shape index (κ2) is 22.6. The molecule has 346 valence electrons. The molecule has 1 unspecified atom stereocenters. The SMILES string of the molecule is CC(C)(C)OC(=O)C(CCCN(CCNCC(C)(C)SC(c1ccccc1)(c1ccccc1)c1ccccc1)CC(C)(C)SC(c1ccccc1)(c1ccccc1)c1ccccc1)C(=O)O. The van der Waals surface area contributed by atoms with Crippen LogP contribution in [0.15, 0.2) is 182 Å². The number of carbonyl (C=O) groups is 2. The molecule has 0 amide bonds. The summed E-state index contributed by atoms with van der Waals surface area (Å²) in [4.78, 5) is 28.0. The number of benzene rings is 6. The summed E-state index contributed by atoms with van der Waals surface area (Å²) in [7, 11) is 0. The number of esters is 1. The van der Waals surface area contributed by atoms with Crippen LogP contribution >= 0.6 is 23.5 Å². The number of hydrogen-bond donors (Lipinski definition) is 2. The molecule has 0 fully saturated rings. The quantitative estimate of drug-likeness (QED) is 0.0285. The van der Waals surface area contributed by atoms with Gasteiger partial charge in [0, 0.05) is 35.7 Å². The van der Waals surface area contributed by atoms with Crippen LogP contribution < -0.4 is 5.32 Å². The van der Waals surface area contributed by atoms with E-state index in [4.69, 9.17) is 4.74 Å². The number of carboxylic acids is 1.